The average Bonchev–Trinajstić information content (AvgIpc) is 3.07. The fraction of sp³-hybridized carbons (Fsp3) is 0.381. The number of hydrogen-bond donors (Lipinski definition) is 0. The second kappa shape index (κ2) is 5.60. The van der Waals surface area contributed by atoms with Gasteiger partial charge < -0.3 is 9.32 Å². The van der Waals surface area contributed by atoms with E-state index >= 15 is 0 Å². The van der Waals surface area contributed by atoms with Crippen LogP contribution >= 0.6 is 0 Å². The molecule has 4 rings (SSSR count). The van der Waals surface area contributed by atoms with E-state index in [-0.39, 0.29) is 0 Å². The number of pyridine rings is 1. The number of furan rings is 1. The molecule has 0 aliphatic carbocycles. The van der Waals surface area contributed by atoms with Gasteiger partial charge in [0.15, 0.2) is 17.4 Å². The summed E-state index contributed by atoms with van der Waals surface area (Å²) in [6.45, 7) is 10.1. The van der Waals surface area contributed by atoms with E-state index in [1.165, 1.54) is 11.3 Å². The fourth-order valence-corrected chi connectivity index (χ4v) is 4.04. The Morgan fingerprint density at radius 3 is 2.80 bits per heavy atom. The number of hydrogen-bond acceptors (Lipinski definition) is 3. The van der Waals surface area contributed by atoms with Crippen LogP contribution in [0.4, 0.5) is 5.69 Å². The third-order valence-electron chi connectivity index (χ3n) is 5.50. The molecule has 2 aromatic heterocycles. The second-order valence-electron chi connectivity index (χ2n) is 7.75. The van der Waals surface area contributed by atoms with Crippen LogP contribution in [0.1, 0.15) is 26.3 Å². The highest BCUT2D eigenvalue weighted by Gasteiger charge is 2.41. The summed E-state index contributed by atoms with van der Waals surface area (Å²) in [4.78, 5) is 6.71. The summed E-state index contributed by atoms with van der Waals surface area (Å²) in [6.07, 6.45) is 8.55. The number of nitrogens with zero attached hydrogens (tertiary/aromatic N) is 3. The van der Waals surface area contributed by atoms with Gasteiger partial charge >= 0.3 is 0 Å². The average molecular weight is 336 g/mol. The molecule has 0 N–H and O–H groups in total. The maximum Gasteiger partial charge on any atom is 0.196 e. The van der Waals surface area contributed by atoms with Crippen molar-refractivity contribution in [3.8, 4) is 0 Å². The Bertz CT molecular complexity index is 972. The molecular weight excluding hydrogens is 310 g/mol. The maximum absolute atomic E-state index is 6.30. The number of aromatic nitrogens is 1. The van der Waals surface area contributed by atoms with Crippen LogP contribution in [0.5, 0.6) is 0 Å². The molecule has 3 heterocycles. The number of quaternary nitrogens is 1. The third-order valence-corrected chi connectivity index (χ3v) is 5.50. The first-order valence-electron chi connectivity index (χ1n) is 8.99. The van der Waals surface area contributed by atoms with Gasteiger partial charge in [0.2, 0.25) is 0 Å². The SMILES string of the molecule is Cc1ccc2c(oc3ccncc32)c1[N+]1(C)C=CN(CC(C)C)[C@@H]1C. The van der Waals surface area contributed by atoms with Gasteiger partial charge in [0, 0.05) is 42.2 Å². The van der Waals surface area contributed by atoms with E-state index < -0.39 is 0 Å². The highest BCUT2D eigenvalue weighted by molar-refractivity contribution is 6.08. The van der Waals surface area contributed by atoms with Gasteiger partial charge in [-0.3, -0.25) is 4.98 Å². The minimum absolute atomic E-state index is 0.332. The molecule has 0 spiro atoms. The smallest absolute Gasteiger partial charge is 0.196 e. The van der Waals surface area contributed by atoms with Crippen LogP contribution in [-0.4, -0.2) is 29.6 Å². The fourth-order valence-electron chi connectivity index (χ4n) is 4.04. The van der Waals surface area contributed by atoms with E-state index in [1.807, 2.05) is 12.3 Å². The summed E-state index contributed by atoms with van der Waals surface area (Å²) >= 11 is 0. The van der Waals surface area contributed by atoms with Gasteiger partial charge in [-0.15, -0.1) is 0 Å². The maximum atomic E-state index is 6.30. The molecule has 0 radical (unpaired) electrons. The molecule has 3 aromatic rings. The highest BCUT2D eigenvalue weighted by atomic mass is 16.3. The first kappa shape index (κ1) is 16.2. The van der Waals surface area contributed by atoms with Gasteiger partial charge in [-0.05, 0) is 25.0 Å². The minimum Gasteiger partial charge on any atom is -0.450 e. The zero-order chi connectivity index (χ0) is 17.8. The van der Waals surface area contributed by atoms with Gasteiger partial charge in [-0.1, -0.05) is 19.9 Å². The Labute approximate surface area is 148 Å². The summed E-state index contributed by atoms with van der Waals surface area (Å²) in [5.74, 6) is 0.632. The lowest BCUT2D eigenvalue weighted by molar-refractivity contribution is 0.180. The van der Waals surface area contributed by atoms with Crippen molar-refractivity contribution in [3.05, 3.63) is 48.6 Å². The van der Waals surface area contributed by atoms with Crippen LogP contribution < -0.4 is 4.48 Å². The predicted molar refractivity (Wildman–Crippen MR) is 104 cm³/mol. The van der Waals surface area contributed by atoms with Crippen LogP contribution in [0.15, 0.2) is 47.4 Å². The van der Waals surface area contributed by atoms with Gasteiger partial charge in [-0.2, -0.15) is 0 Å². The zero-order valence-corrected chi connectivity index (χ0v) is 15.7. The molecule has 4 nitrogen and oxygen atoms in total. The third kappa shape index (κ3) is 2.35. The summed E-state index contributed by atoms with van der Waals surface area (Å²) in [5, 5.41) is 2.23. The van der Waals surface area contributed by atoms with Crippen LogP contribution in [0.3, 0.4) is 0 Å². The van der Waals surface area contributed by atoms with Crippen LogP contribution in [-0.2, 0) is 0 Å². The minimum atomic E-state index is 0.332. The van der Waals surface area contributed by atoms with Crippen molar-refractivity contribution in [2.24, 2.45) is 5.92 Å². The van der Waals surface area contributed by atoms with Crippen molar-refractivity contribution in [1.29, 1.82) is 0 Å². The molecule has 0 amide bonds. The van der Waals surface area contributed by atoms with Gasteiger partial charge in [-0.25, -0.2) is 4.48 Å². The molecule has 4 heteroatoms. The van der Waals surface area contributed by atoms with E-state index in [4.69, 9.17) is 4.42 Å². The van der Waals surface area contributed by atoms with Gasteiger partial charge in [0.05, 0.1) is 13.2 Å². The summed E-state index contributed by atoms with van der Waals surface area (Å²) < 4.78 is 7.02. The Morgan fingerprint density at radius 2 is 2.04 bits per heavy atom. The molecule has 1 aromatic carbocycles. The van der Waals surface area contributed by atoms with Crippen LogP contribution in [0.25, 0.3) is 21.9 Å². The Balaban J connectivity index is 1.92. The molecular formula is C21H26N3O+. The van der Waals surface area contributed by atoms with E-state index in [9.17, 15) is 0 Å². The largest absolute Gasteiger partial charge is 0.450 e. The molecule has 130 valence electrons. The molecule has 2 atom stereocenters. The monoisotopic (exact) mass is 336 g/mol. The number of fused-ring (bicyclic) bond motifs is 3. The number of benzene rings is 1. The number of rotatable bonds is 3. The lowest BCUT2D eigenvalue weighted by Crippen LogP contribution is -2.51. The zero-order valence-electron chi connectivity index (χ0n) is 15.7. The van der Waals surface area contributed by atoms with Crippen molar-refractivity contribution in [1.82, 2.24) is 14.4 Å². The standard InChI is InChI=1S/C21H26N3O/c1-14(2)13-23-10-11-24(5,16(23)4)20-15(3)6-7-17-18-12-22-9-8-19(18)25-21(17)20/h6-12,14,16H,13H2,1-5H3/q+1/t16-,24?/m0/s1. The van der Waals surface area contributed by atoms with E-state index in [0.717, 1.165) is 33.0 Å². The Hall–Kier alpha value is -2.33. The van der Waals surface area contributed by atoms with Gasteiger partial charge in [0.1, 0.15) is 11.8 Å². The first-order chi connectivity index (χ1) is 11.9. The Kier molecular flexibility index (Phi) is 3.62. The normalized spacial score (nSPS) is 23.4. The highest BCUT2D eigenvalue weighted by Crippen LogP contribution is 2.42. The molecule has 0 bridgehead atoms. The molecule has 0 saturated carbocycles. The van der Waals surface area contributed by atoms with E-state index in [1.54, 1.807) is 6.20 Å². The lowest BCUT2D eigenvalue weighted by Gasteiger charge is -2.36. The molecule has 1 aliphatic rings. The first-order valence-corrected chi connectivity index (χ1v) is 8.99. The molecule has 1 unspecified atom stereocenters. The summed E-state index contributed by atoms with van der Waals surface area (Å²) in [5.41, 5.74) is 4.38. The molecule has 0 fully saturated rings. The van der Waals surface area contributed by atoms with E-state index in [0.29, 0.717) is 12.1 Å². The van der Waals surface area contributed by atoms with Crippen molar-refractivity contribution in [3.63, 3.8) is 0 Å². The lowest BCUT2D eigenvalue weighted by atomic mass is 10.1. The second-order valence-corrected chi connectivity index (χ2v) is 7.75. The Morgan fingerprint density at radius 1 is 1.24 bits per heavy atom. The topological polar surface area (TPSA) is 29.3 Å². The van der Waals surface area contributed by atoms with Crippen LogP contribution in [0.2, 0.25) is 0 Å². The summed E-state index contributed by atoms with van der Waals surface area (Å²) in [6, 6.07) is 6.31. The van der Waals surface area contributed by atoms with Crippen molar-refractivity contribution >= 4 is 27.6 Å². The van der Waals surface area contributed by atoms with E-state index in [2.05, 4.69) is 69.2 Å². The van der Waals surface area contributed by atoms with Crippen LogP contribution in [0, 0.1) is 12.8 Å². The molecule has 1 aliphatic heterocycles. The van der Waals surface area contributed by atoms with Crippen molar-refractivity contribution in [2.45, 2.75) is 33.9 Å². The summed E-state index contributed by atoms with van der Waals surface area (Å²) in [7, 11) is 2.27. The van der Waals surface area contributed by atoms with Gasteiger partial charge in [0.25, 0.3) is 0 Å². The predicted octanol–water partition coefficient (Wildman–Crippen LogP) is 5.02. The quantitative estimate of drug-likeness (QED) is 0.629. The molecule has 25 heavy (non-hydrogen) atoms. The number of aryl methyl sites for hydroxylation is 1. The van der Waals surface area contributed by atoms with Crippen molar-refractivity contribution in [2.75, 3.05) is 13.6 Å². The molecule has 0 saturated heterocycles. The van der Waals surface area contributed by atoms with Crippen molar-refractivity contribution < 1.29 is 4.42 Å².